The summed E-state index contributed by atoms with van der Waals surface area (Å²) in [6.45, 7) is 6.28. The van der Waals surface area contributed by atoms with Crippen LogP contribution in [0.1, 0.15) is 18.6 Å². The molecule has 2 N–H and O–H groups in total. The number of hydrogen-bond donors (Lipinski definition) is 2. The van der Waals surface area contributed by atoms with E-state index in [2.05, 4.69) is 27.8 Å². The van der Waals surface area contributed by atoms with Crippen molar-refractivity contribution < 1.29 is 5.11 Å². The Hall–Kier alpha value is -0.640. The lowest BCUT2D eigenvalue weighted by atomic mass is 10.0. The van der Waals surface area contributed by atoms with E-state index in [0.717, 1.165) is 10.0 Å². The summed E-state index contributed by atoms with van der Waals surface area (Å²) in [5.74, 6) is 0. The number of aliphatic hydroxyl groups excluding tert-OH is 1. The third kappa shape index (κ3) is 3.78. The zero-order chi connectivity index (χ0) is 11.3. The van der Waals surface area contributed by atoms with Crippen LogP contribution in [0.4, 0.5) is 0 Å². The van der Waals surface area contributed by atoms with Crippen LogP contribution in [-0.4, -0.2) is 17.7 Å². The smallest absolute Gasteiger partial charge is 0.0940 e. The highest BCUT2D eigenvalue weighted by Crippen LogP contribution is 2.19. The van der Waals surface area contributed by atoms with Gasteiger partial charge in [-0.2, -0.15) is 0 Å². The van der Waals surface area contributed by atoms with Gasteiger partial charge in [0.1, 0.15) is 0 Å². The van der Waals surface area contributed by atoms with E-state index in [1.807, 2.05) is 31.2 Å². The Morgan fingerprint density at radius 3 is 2.60 bits per heavy atom. The molecule has 2 atom stereocenters. The predicted octanol–water partition coefficient (Wildman–Crippen LogP) is 2.65. The molecule has 0 fully saturated rings. The first-order chi connectivity index (χ1) is 7.15. The Labute approximate surface area is 99.1 Å². The lowest BCUT2D eigenvalue weighted by molar-refractivity contribution is 0.138. The summed E-state index contributed by atoms with van der Waals surface area (Å²) in [4.78, 5) is 0. The molecule has 0 aliphatic heterocycles. The molecule has 0 saturated heterocycles. The minimum atomic E-state index is -0.488. The zero-order valence-corrected chi connectivity index (χ0v) is 10.4. The third-order valence-corrected chi connectivity index (χ3v) is 2.80. The molecule has 2 unspecified atom stereocenters. The van der Waals surface area contributed by atoms with Crippen LogP contribution in [0.25, 0.3) is 0 Å². The molecular formula is C12H16BrNO. The van der Waals surface area contributed by atoms with Crippen LogP contribution in [0, 0.1) is 0 Å². The fraction of sp³-hybridized carbons (Fsp3) is 0.333. The number of benzene rings is 1. The van der Waals surface area contributed by atoms with Gasteiger partial charge in [-0.1, -0.05) is 34.1 Å². The molecule has 1 aromatic carbocycles. The topological polar surface area (TPSA) is 32.3 Å². The van der Waals surface area contributed by atoms with Gasteiger partial charge in [0, 0.05) is 17.1 Å². The molecule has 82 valence electrons. The lowest BCUT2D eigenvalue weighted by Crippen LogP contribution is -2.32. The van der Waals surface area contributed by atoms with Gasteiger partial charge in [0.2, 0.25) is 0 Å². The normalized spacial score (nSPS) is 14.6. The minimum Gasteiger partial charge on any atom is -0.387 e. The van der Waals surface area contributed by atoms with E-state index in [1.54, 1.807) is 6.08 Å². The zero-order valence-electron chi connectivity index (χ0n) is 8.78. The fourth-order valence-corrected chi connectivity index (χ4v) is 1.59. The predicted molar refractivity (Wildman–Crippen MR) is 66.8 cm³/mol. The molecule has 0 aliphatic carbocycles. The maximum absolute atomic E-state index is 9.99. The summed E-state index contributed by atoms with van der Waals surface area (Å²) in [7, 11) is 0. The first-order valence-electron chi connectivity index (χ1n) is 4.93. The highest BCUT2D eigenvalue weighted by molar-refractivity contribution is 9.10. The summed E-state index contributed by atoms with van der Waals surface area (Å²) in [5, 5.41) is 13.2. The fourth-order valence-electron chi connectivity index (χ4n) is 1.33. The maximum atomic E-state index is 9.99. The van der Waals surface area contributed by atoms with Gasteiger partial charge in [-0.15, -0.1) is 6.58 Å². The average molecular weight is 270 g/mol. The Morgan fingerprint density at radius 2 is 2.07 bits per heavy atom. The van der Waals surface area contributed by atoms with E-state index in [-0.39, 0.29) is 6.04 Å². The van der Waals surface area contributed by atoms with Crippen LogP contribution in [-0.2, 0) is 0 Å². The largest absolute Gasteiger partial charge is 0.387 e. The van der Waals surface area contributed by atoms with Crippen molar-refractivity contribution in [2.75, 3.05) is 6.54 Å². The third-order valence-electron chi connectivity index (χ3n) is 2.27. The Kier molecular flexibility index (Phi) is 5.02. The van der Waals surface area contributed by atoms with E-state index < -0.39 is 6.10 Å². The van der Waals surface area contributed by atoms with Crippen molar-refractivity contribution in [2.24, 2.45) is 0 Å². The second kappa shape index (κ2) is 6.05. The molecule has 2 nitrogen and oxygen atoms in total. The molecule has 0 aliphatic rings. The van der Waals surface area contributed by atoms with Gasteiger partial charge in [0.25, 0.3) is 0 Å². The first-order valence-corrected chi connectivity index (χ1v) is 5.72. The van der Waals surface area contributed by atoms with Gasteiger partial charge in [-0.3, -0.25) is 0 Å². The molecule has 0 bridgehead atoms. The summed E-state index contributed by atoms with van der Waals surface area (Å²) >= 11 is 3.36. The van der Waals surface area contributed by atoms with Gasteiger partial charge >= 0.3 is 0 Å². The lowest BCUT2D eigenvalue weighted by Gasteiger charge is -2.19. The molecule has 0 heterocycles. The van der Waals surface area contributed by atoms with Gasteiger partial charge in [0.15, 0.2) is 0 Å². The average Bonchev–Trinajstić information content (AvgIpc) is 2.26. The number of aliphatic hydroxyl groups is 1. The maximum Gasteiger partial charge on any atom is 0.0940 e. The molecule has 0 amide bonds. The van der Waals surface area contributed by atoms with E-state index in [0.29, 0.717) is 6.54 Å². The molecule has 0 saturated carbocycles. The van der Waals surface area contributed by atoms with Gasteiger partial charge < -0.3 is 10.4 Å². The molecular weight excluding hydrogens is 254 g/mol. The number of halogens is 1. The van der Waals surface area contributed by atoms with Crippen molar-refractivity contribution >= 4 is 15.9 Å². The van der Waals surface area contributed by atoms with Gasteiger partial charge in [-0.05, 0) is 24.6 Å². The molecule has 3 heteroatoms. The summed E-state index contributed by atoms with van der Waals surface area (Å²) in [6.07, 6.45) is 1.29. The SMILES string of the molecule is C=CCNC(C)C(O)c1ccc(Br)cc1. The quantitative estimate of drug-likeness (QED) is 0.806. The summed E-state index contributed by atoms with van der Waals surface area (Å²) in [5.41, 5.74) is 0.919. The molecule has 0 spiro atoms. The van der Waals surface area contributed by atoms with Crippen LogP contribution < -0.4 is 5.32 Å². The van der Waals surface area contributed by atoms with E-state index >= 15 is 0 Å². The van der Waals surface area contributed by atoms with E-state index in [4.69, 9.17) is 0 Å². The second-order valence-corrected chi connectivity index (χ2v) is 4.40. The molecule has 15 heavy (non-hydrogen) atoms. The standard InChI is InChI=1S/C12H16BrNO/c1-3-8-14-9(2)12(15)10-4-6-11(13)7-5-10/h3-7,9,12,14-15H,1,8H2,2H3. The van der Waals surface area contributed by atoms with Crippen LogP contribution in [0.15, 0.2) is 41.4 Å². The number of rotatable bonds is 5. The number of nitrogens with one attached hydrogen (secondary N) is 1. The Bertz CT molecular complexity index is 310. The van der Waals surface area contributed by atoms with Crippen LogP contribution in [0.3, 0.4) is 0 Å². The minimum absolute atomic E-state index is 0.0178. The Morgan fingerprint density at radius 1 is 1.47 bits per heavy atom. The van der Waals surface area contributed by atoms with Crippen LogP contribution in [0.2, 0.25) is 0 Å². The molecule has 1 aromatic rings. The molecule has 1 rings (SSSR count). The Balaban J connectivity index is 2.62. The van der Waals surface area contributed by atoms with Crippen molar-refractivity contribution in [1.29, 1.82) is 0 Å². The first kappa shape index (κ1) is 12.4. The van der Waals surface area contributed by atoms with Gasteiger partial charge in [-0.25, -0.2) is 0 Å². The second-order valence-electron chi connectivity index (χ2n) is 3.48. The molecule has 0 radical (unpaired) electrons. The summed E-state index contributed by atoms with van der Waals surface area (Å²) in [6, 6.07) is 7.71. The molecule has 0 aromatic heterocycles. The summed E-state index contributed by atoms with van der Waals surface area (Å²) < 4.78 is 1.02. The highest BCUT2D eigenvalue weighted by atomic mass is 79.9. The van der Waals surface area contributed by atoms with Crippen molar-refractivity contribution in [2.45, 2.75) is 19.1 Å². The monoisotopic (exact) mass is 269 g/mol. The number of hydrogen-bond acceptors (Lipinski definition) is 2. The van der Waals surface area contributed by atoms with E-state index in [1.165, 1.54) is 0 Å². The van der Waals surface area contributed by atoms with Crippen molar-refractivity contribution in [3.63, 3.8) is 0 Å². The van der Waals surface area contributed by atoms with Crippen molar-refractivity contribution in [1.82, 2.24) is 5.32 Å². The van der Waals surface area contributed by atoms with Crippen molar-refractivity contribution in [3.8, 4) is 0 Å². The van der Waals surface area contributed by atoms with Crippen LogP contribution >= 0.6 is 15.9 Å². The van der Waals surface area contributed by atoms with E-state index in [9.17, 15) is 5.11 Å². The van der Waals surface area contributed by atoms with Crippen LogP contribution in [0.5, 0.6) is 0 Å². The van der Waals surface area contributed by atoms with Gasteiger partial charge in [0.05, 0.1) is 6.10 Å². The van der Waals surface area contributed by atoms with Crippen molar-refractivity contribution in [3.05, 3.63) is 47.0 Å². The highest BCUT2D eigenvalue weighted by Gasteiger charge is 2.14.